The van der Waals surface area contributed by atoms with Crippen molar-refractivity contribution in [3.63, 3.8) is 0 Å². The minimum Gasteiger partial charge on any atom is -0.462 e. The van der Waals surface area contributed by atoms with Gasteiger partial charge in [0.15, 0.2) is 0 Å². The second-order valence-electron chi connectivity index (χ2n) is 14.1. The molecule has 0 N–H and O–H groups in total. The van der Waals surface area contributed by atoms with Gasteiger partial charge in [-0.25, -0.2) is 0 Å². The van der Waals surface area contributed by atoms with Gasteiger partial charge in [0.2, 0.25) is 0 Å². The van der Waals surface area contributed by atoms with E-state index in [1.165, 1.54) is 70.9 Å². The standard InChI is InChI=1S/C30H44N2O3/c1-29-8-5-9-30(18-34-30)26(29)14-22-23(28(33)35-25(22)15-29)17-32-11-4-6-19-12-20-13-21(27(19)32)16-31-10-3-2-7-24(20)31/h12,20-27H,2-11,13-18H2,1H3/t20-,21-,22+,23+,24+,25+,26+,27+,29+,30+/m0/s1. The van der Waals surface area contributed by atoms with Crippen LogP contribution in [0.4, 0.5) is 0 Å². The number of esters is 1. The van der Waals surface area contributed by atoms with E-state index in [9.17, 15) is 4.79 Å². The van der Waals surface area contributed by atoms with Crippen molar-refractivity contribution in [2.75, 3.05) is 32.8 Å². The summed E-state index contributed by atoms with van der Waals surface area (Å²) in [5.41, 5.74) is 2.15. The van der Waals surface area contributed by atoms with E-state index in [2.05, 4.69) is 22.8 Å². The molecule has 3 aliphatic carbocycles. The molecule has 0 radical (unpaired) electrons. The van der Waals surface area contributed by atoms with Gasteiger partial charge >= 0.3 is 5.97 Å². The summed E-state index contributed by atoms with van der Waals surface area (Å²) in [6, 6.07) is 1.37. The third-order valence-electron chi connectivity index (χ3n) is 12.3. The number of likely N-dealkylation sites (tertiary alicyclic amines) is 1. The Hall–Kier alpha value is -0.910. The first-order valence-electron chi connectivity index (χ1n) is 15.1. The number of hydrogen-bond donors (Lipinski definition) is 0. The summed E-state index contributed by atoms with van der Waals surface area (Å²) in [7, 11) is 0. The molecule has 35 heavy (non-hydrogen) atoms. The van der Waals surface area contributed by atoms with Gasteiger partial charge in [0.05, 0.1) is 18.1 Å². The maximum absolute atomic E-state index is 13.4. The lowest BCUT2D eigenvalue weighted by Gasteiger charge is -2.55. The van der Waals surface area contributed by atoms with Crippen molar-refractivity contribution in [1.29, 1.82) is 0 Å². The van der Waals surface area contributed by atoms with Gasteiger partial charge in [0.1, 0.15) is 6.10 Å². The minimum absolute atomic E-state index is 0.0608. The molecule has 7 fully saturated rings. The quantitative estimate of drug-likeness (QED) is 0.333. The van der Waals surface area contributed by atoms with Crippen LogP contribution >= 0.6 is 0 Å². The number of piperidine rings is 3. The molecule has 0 unspecified atom stereocenters. The molecule has 10 atom stereocenters. The number of rotatable bonds is 2. The first kappa shape index (κ1) is 22.1. The van der Waals surface area contributed by atoms with Crippen molar-refractivity contribution in [2.24, 2.45) is 35.0 Å². The molecule has 2 bridgehead atoms. The molecule has 0 aromatic carbocycles. The van der Waals surface area contributed by atoms with E-state index < -0.39 is 0 Å². The van der Waals surface area contributed by atoms with E-state index in [1.807, 2.05) is 0 Å². The van der Waals surface area contributed by atoms with E-state index in [0.29, 0.717) is 17.9 Å². The average Bonchev–Trinajstić information content (AvgIpc) is 3.55. The van der Waals surface area contributed by atoms with Gasteiger partial charge in [-0.2, -0.15) is 0 Å². The van der Waals surface area contributed by atoms with Crippen LogP contribution in [0.25, 0.3) is 0 Å². The van der Waals surface area contributed by atoms with Crippen LogP contribution < -0.4 is 0 Å². The number of ether oxygens (including phenoxy) is 2. The molecule has 5 saturated heterocycles. The molecule has 192 valence electrons. The predicted octanol–water partition coefficient (Wildman–Crippen LogP) is 4.41. The van der Waals surface area contributed by atoms with Crippen LogP contribution in [-0.4, -0.2) is 72.3 Å². The Kier molecular flexibility index (Phi) is 4.93. The summed E-state index contributed by atoms with van der Waals surface area (Å²) in [6.07, 6.45) is 16.9. The Morgan fingerprint density at radius 2 is 2.03 bits per heavy atom. The highest BCUT2D eigenvalue weighted by atomic mass is 16.6. The van der Waals surface area contributed by atoms with Gasteiger partial charge < -0.3 is 9.47 Å². The van der Waals surface area contributed by atoms with E-state index in [-0.39, 0.29) is 29.0 Å². The first-order valence-corrected chi connectivity index (χ1v) is 15.1. The van der Waals surface area contributed by atoms with Crippen LogP contribution in [0.1, 0.15) is 77.6 Å². The molecule has 0 amide bonds. The maximum atomic E-state index is 13.4. The second-order valence-corrected chi connectivity index (χ2v) is 14.1. The lowest BCUT2D eigenvalue weighted by molar-refractivity contribution is -0.147. The molecule has 5 heteroatoms. The fourth-order valence-corrected chi connectivity index (χ4v) is 10.7. The molecule has 5 nitrogen and oxygen atoms in total. The highest BCUT2D eigenvalue weighted by Gasteiger charge is 2.65. The smallest absolute Gasteiger partial charge is 0.310 e. The highest BCUT2D eigenvalue weighted by Crippen LogP contribution is 2.63. The van der Waals surface area contributed by atoms with Gasteiger partial charge in [0.25, 0.3) is 0 Å². The Morgan fingerprint density at radius 1 is 1.11 bits per heavy atom. The van der Waals surface area contributed by atoms with E-state index in [1.54, 1.807) is 5.57 Å². The molecule has 1 spiro atoms. The Balaban J connectivity index is 1.04. The van der Waals surface area contributed by atoms with Gasteiger partial charge in [-0.1, -0.05) is 25.0 Å². The SMILES string of the molecule is C[C@]12CCC[C@@]3(CO3)[C@@H]1C[C@H]1[C@@H](C2)OC(=O)[C@@H]1CN1CCCC2=C[C@H]3C[C@@H](CN4CCCC[C@H]34)[C@@H]21. The molecule has 5 heterocycles. The third kappa shape index (κ3) is 3.32. The highest BCUT2D eigenvalue weighted by molar-refractivity contribution is 5.75. The van der Waals surface area contributed by atoms with Gasteiger partial charge in [-0.3, -0.25) is 14.6 Å². The number of carbonyl (C=O) groups excluding carboxylic acids is 1. The summed E-state index contributed by atoms with van der Waals surface area (Å²) in [5.74, 6) is 2.70. The fourth-order valence-electron chi connectivity index (χ4n) is 10.7. The van der Waals surface area contributed by atoms with Crippen LogP contribution in [0, 0.1) is 35.0 Å². The van der Waals surface area contributed by atoms with Crippen molar-refractivity contribution in [3.8, 4) is 0 Å². The van der Waals surface area contributed by atoms with Gasteiger partial charge in [0, 0.05) is 31.1 Å². The molecular weight excluding hydrogens is 436 g/mol. The van der Waals surface area contributed by atoms with Crippen LogP contribution in [0.15, 0.2) is 11.6 Å². The van der Waals surface area contributed by atoms with Crippen molar-refractivity contribution in [3.05, 3.63) is 11.6 Å². The van der Waals surface area contributed by atoms with Crippen LogP contribution in [-0.2, 0) is 14.3 Å². The first-order chi connectivity index (χ1) is 17.0. The number of fused-ring (bicyclic) bond motifs is 9. The van der Waals surface area contributed by atoms with Crippen molar-refractivity contribution < 1.29 is 14.3 Å². The summed E-state index contributed by atoms with van der Waals surface area (Å²) < 4.78 is 12.3. The van der Waals surface area contributed by atoms with Crippen molar-refractivity contribution in [2.45, 2.75) is 101 Å². The molecular formula is C30H44N2O3. The van der Waals surface area contributed by atoms with Crippen molar-refractivity contribution in [1.82, 2.24) is 9.80 Å². The lowest BCUT2D eigenvalue weighted by Crippen LogP contribution is -2.60. The molecule has 0 aromatic heterocycles. The summed E-state index contributed by atoms with van der Waals surface area (Å²) >= 11 is 0. The molecule has 5 aliphatic heterocycles. The Bertz CT molecular complexity index is 929. The summed E-state index contributed by atoms with van der Waals surface area (Å²) in [4.78, 5) is 19.0. The zero-order valence-corrected chi connectivity index (χ0v) is 21.6. The zero-order chi connectivity index (χ0) is 23.4. The lowest BCUT2D eigenvalue weighted by atomic mass is 9.53. The number of nitrogens with zero attached hydrogens (tertiary/aromatic N) is 2. The number of epoxide rings is 1. The fraction of sp³-hybridized carbons (Fsp3) is 0.900. The monoisotopic (exact) mass is 480 g/mol. The van der Waals surface area contributed by atoms with Gasteiger partial charge in [-0.15, -0.1) is 0 Å². The minimum atomic E-state index is 0.0608. The van der Waals surface area contributed by atoms with E-state index in [4.69, 9.17) is 9.47 Å². The predicted molar refractivity (Wildman–Crippen MR) is 134 cm³/mol. The largest absolute Gasteiger partial charge is 0.462 e. The van der Waals surface area contributed by atoms with E-state index in [0.717, 1.165) is 50.4 Å². The van der Waals surface area contributed by atoms with E-state index >= 15 is 0 Å². The van der Waals surface area contributed by atoms with Crippen LogP contribution in [0.3, 0.4) is 0 Å². The summed E-state index contributed by atoms with van der Waals surface area (Å²) in [6.45, 7) is 8.07. The Morgan fingerprint density at radius 3 is 2.91 bits per heavy atom. The molecule has 2 saturated carbocycles. The Labute approximate surface area is 210 Å². The van der Waals surface area contributed by atoms with Crippen LogP contribution in [0.5, 0.6) is 0 Å². The number of carbonyl (C=O) groups is 1. The molecule has 8 rings (SSSR count). The van der Waals surface area contributed by atoms with Crippen molar-refractivity contribution >= 4 is 5.97 Å². The molecule has 0 aromatic rings. The normalized spacial score (nSPS) is 53.2. The number of hydrogen-bond acceptors (Lipinski definition) is 5. The molecule has 8 aliphatic rings. The third-order valence-corrected chi connectivity index (χ3v) is 12.3. The van der Waals surface area contributed by atoms with Crippen LogP contribution in [0.2, 0.25) is 0 Å². The zero-order valence-electron chi connectivity index (χ0n) is 21.6. The van der Waals surface area contributed by atoms with Gasteiger partial charge in [-0.05, 0) is 100 Å². The second kappa shape index (κ2) is 7.80. The summed E-state index contributed by atoms with van der Waals surface area (Å²) in [5, 5.41) is 0. The average molecular weight is 481 g/mol. The topological polar surface area (TPSA) is 45.3 Å². The maximum Gasteiger partial charge on any atom is 0.310 e.